The lowest BCUT2D eigenvalue weighted by Gasteiger charge is -2.26. The Bertz CT molecular complexity index is 555. The molecule has 0 saturated carbocycles. The van der Waals surface area contributed by atoms with Gasteiger partial charge in [-0.15, -0.1) is 0 Å². The minimum Gasteiger partial charge on any atom is -0.396 e. The number of nitrogens with two attached hydrogens (primary N) is 1. The molecule has 108 valence electrons. The Morgan fingerprint density at radius 3 is 2.45 bits per heavy atom. The second-order valence-corrected chi connectivity index (χ2v) is 5.51. The first-order valence-corrected chi connectivity index (χ1v) is 7.21. The van der Waals surface area contributed by atoms with E-state index in [1.54, 1.807) is 0 Å². The summed E-state index contributed by atoms with van der Waals surface area (Å²) < 4.78 is 0. The normalized spacial score (nSPS) is 16.0. The average Bonchev–Trinajstić information content (AvgIpc) is 2.51. The minimum absolute atomic E-state index is 0.114. The monoisotopic (exact) mass is 272 g/mol. The molecule has 4 N–H and O–H groups in total. The Morgan fingerprint density at radius 2 is 1.80 bits per heavy atom. The summed E-state index contributed by atoms with van der Waals surface area (Å²) >= 11 is 0. The summed E-state index contributed by atoms with van der Waals surface area (Å²) in [4.78, 5) is 0. The first kappa shape index (κ1) is 15.0. The van der Waals surface area contributed by atoms with E-state index >= 15 is 0 Å². The van der Waals surface area contributed by atoms with E-state index in [2.05, 4.69) is 42.6 Å². The molecular weight excluding hydrogens is 248 g/mol. The third-order valence-corrected chi connectivity index (χ3v) is 4.02. The van der Waals surface area contributed by atoms with Crippen LogP contribution < -0.4 is 11.1 Å². The van der Waals surface area contributed by atoms with E-state index in [0.29, 0.717) is 6.54 Å². The van der Waals surface area contributed by atoms with Crippen LogP contribution in [0.4, 0.5) is 0 Å². The molecule has 0 fully saturated rings. The summed E-state index contributed by atoms with van der Waals surface area (Å²) in [7, 11) is 0. The van der Waals surface area contributed by atoms with Gasteiger partial charge in [0.2, 0.25) is 0 Å². The summed E-state index contributed by atoms with van der Waals surface area (Å²) in [5.41, 5.74) is 7.11. The van der Waals surface area contributed by atoms with Gasteiger partial charge in [-0.05, 0) is 35.2 Å². The summed E-state index contributed by atoms with van der Waals surface area (Å²) in [6.07, 6.45) is 0. The van der Waals surface area contributed by atoms with Gasteiger partial charge in [0.1, 0.15) is 0 Å². The van der Waals surface area contributed by atoms with Crippen molar-refractivity contribution in [2.45, 2.75) is 25.9 Å². The Hall–Kier alpha value is -1.42. The predicted octanol–water partition coefficient (Wildman–Crippen LogP) is 2.45. The first-order chi connectivity index (χ1) is 9.65. The highest BCUT2D eigenvalue weighted by Gasteiger charge is 2.17. The molecule has 2 aromatic carbocycles. The number of nitrogens with one attached hydrogen (secondary N) is 1. The lowest BCUT2D eigenvalue weighted by molar-refractivity contribution is 0.201. The third kappa shape index (κ3) is 3.37. The van der Waals surface area contributed by atoms with Crippen molar-refractivity contribution in [1.29, 1.82) is 0 Å². The fourth-order valence-corrected chi connectivity index (χ4v) is 2.36. The number of fused-ring (bicyclic) bond motifs is 1. The van der Waals surface area contributed by atoms with Gasteiger partial charge in [-0.2, -0.15) is 0 Å². The van der Waals surface area contributed by atoms with E-state index in [0.717, 1.165) is 0 Å². The molecule has 0 aliphatic carbocycles. The number of hydrogen-bond donors (Lipinski definition) is 3. The summed E-state index contributed by atoms with van der Waals surface area (Å²) in [6, 6.07) is 15.1. The average molecular weight is 272 g/mol. The van der Waals surface area contributed by atoms with Crippen molar-refractivity contribution in [3.8, 4) is 0 Å². The number of aliphatic hydroxyl groups is 1. The Labute approximate surface area is 120 Å². The zero-order valence-corrected chi connectivity index (χ0v) is 12.2. The van der Waals surface area contributed by atoms with Crippen molar-refractivity contribution in [3.05, 3.63) is 48.0 Å². The van der Waals surface area contributed by atoms with E-state index in [1.807, 2.05) is 19.1 Å². The number of rotatable bonds is 6. The quantitative estimate of drug-likeness (QED) is 0.757. The van der Waals surface area contributed by atoms with Crippen LogP contribution in [0, 0.1) is 5.92 Å². The zero-order chi connectivity index (χ0) is 14.5. The van der Waals surface area contributed by atoms with Crippen molar-refractivity contribution < 1.29 is 5.11 Å². The molecule has 0 aliphatic rings. The molecule has 3 heteroatoms. The van der Waals surface area contributed by atoms with Crippen molar-refractivity contribution in [3.63, 3.8) is 0 Å². The van der Waals surface area contributed by atoms with Crippen LogP contribution >= 0.6 is 0 Å². The second-order valence-electron chi connectivity index (χ2n) is 5.51. The molecule has 0 heterocycles. The van der Waals surface area contributed by atoms with Crippen LogP contribution in [-0.2, 0) is 0 Å². The van der Waals surface area contributed by atoms with E-state index < -0.39 is 0 Å². The molecule has 0 saturated heterocycles. The molecule has 20 heavy (non-hydrogen) atoms. The van der Waals surface area contributed by atoms with Crippen molar-refractivity contribution in [2.75, 3.05) is 13.2 Å². The van der Waals surface area contributed by atoms with E-state index in [4.69, 9.17) is 5.73 Å². The second kappa shape index (κ2) is 6.84. The Balaban J connectivity index is 2.20. The topological polar surface area (TPSA) is 58.3 Å². The van der Waals surface area contributed by atoms with Gasteiger partial charge in [0.15, 0.2) is 0 Å². The minimum atomic E-state index is 0.114. The fraction of sp³-hybridized carbons (Fsp3) is 0.412. The maximum absolute atomic E-state index is 9.23. The van der Waals surface area contributed by atoms with Crippen LogP contribution in [0.15, 0.2) is 42.5 Å². The van der Waals surface area contributed by atoms with Gasteiger partial charge in [0.25, 0.3) is 0 Å². The van der Waals surface area contributed by atoms with Crippen LogP contribution in [0.3, 0.4) is 0 Å². The highest BCUT2D eigenvalue weighted by atomic mass is 16.3. The van der Waals surface area contributed by atoms with Gasteiger partial charge < -0.3 is 16.2 Å². The van der Waals surface area contributed by atoms with Crippen LogP contribution in [-0.4, -0.2) is 24.3 Å². The Kier molecular flexibility index (Phi) is 5.12. The lowest BCUT2D eigenvalue weighted by atomic mass is 9.99. The van der Waals surface area contributed by atoms with Crippen molar-refractivity contribution >= 4 is 10.8 Å². The SMILES string of the molecule is CC(CO)C(C)NC(CN)c1ccc2ccccc2c1. The van der Waals surface area contributed by atoms with Crippen LogP contribution in [0.25, 0.3) is 10.8 Å². The van der Waals surface area contributed by atoms with Gasteiger partial charge in [0.05, 0.1) is 0 Å². The summed E-state index contributed by atoms with van der Waals surface area (Å²) in [5.74, 6) is 0.213. The molecule has 0 bridgehead atoms. The Morgan fingerprint density at radius 1 is 1.10 bits per heavy atom. The van der Waals surface area contributed by atoms with E-state index in [-0.39, 0.29) is 24.6 Å². The summed E-state index contributed by atoms with van der Waals surface area (Å²) in [6.45, 7) is 4.85. The molecular formula is C17H24N2O. The molecule has 0 aromatic heterocycles. The smallest absolute Gasteiger partial charge is 0.0471 e. The zero-order valence-electron chi connectivity index (χ0n) is 12.2. The van der Waals surface area contributed by atoms with Gasteiger partial charge in [-0.1, -0.05) is 43.3 Å². The van der Waals surface area contributed by atoms with Crippen LogP contribution in [0.1, 0.15) is 25.5 Å². The van der Waals surface area contributed by atoms with Crippen molar-refractivity contribution in [1.82, 2.24) is 5.32 Å². The number of hydrogen-bond acceptors (Lipinski definition) is 3. The van der Waals surface area contributed by atoms with Crippen molar-refractivity contribution in [2.24, 2.45) is 11.7 Å². The van der Waals surface area contributed by atoms with Crippen LogP contribution in [0.2, 0.25) is 0 Å². The number of benzene rings is 2. The third-order valence-electron chi connectivity index (χ3n) is 4.02. The predicted molar refractivity (Wildman–Crippen MR) is 84.6 cm³/mol. The first-order valence-electron chi connectivity index (χ1n) is 7.21. The summed E-state index contributed by atoms with van der Waals surface area (Å²) in [5, 5.41) is 15.2. The standard InChI is InChI=1S/C17H24N2O/c1-12(11-20)13(2)19-17(10-18)16-8-7-14-5-3-4-6-15(14)9-16/h3-9,12-13,17,19-20H,10-11,18H2,1-2H3. The molecule has 2 rings (SSSR count). The van der Waals surface area contributed by atoms with Crippen LogP contribution in [0.5, 0.6) is 0 Å². The molecule has 2 aromatic rings. The number of aliphatic hydroxyl groups excluding tert-OH is 1. The van der Waals surface area contributed by atoms with E-state index in [1.165, 1.54) is 16.3 Å². The molecule has 0 amide bonds. The highest BCUT2D eigenvalue weighted by molar-refractivity contribution is 5.83. The molecule has 3 unspecified atom stereocenters. The molecule has 0 spiro atoms. The van der Waals surface area contributed by atoms with E-state index in [9.17, 15) is 5.11 Å². The molecule has 3 nitrogen and oxygen atoms in total. The van der Waals surface area contributed by atoms with Gasteiger partial charge in [-0.25, -0.2) is 0 Å². The lowest BCUT2D eigenvalue weighted by Crippen LogP contribution is -2.39. The van der Waals surface area contributed by atoms with Gasteiger partial charge in [0, 0.05) is 25.2 Å². The molecule has 0 aliphatic heterocycles. The largest absolute Gasteiger partial charge is 0.396 e. The molecule has 3 atom stereocenters. The maximum atomic E-state index is 9.23. The maximum Gasteiger partial charge on any atom is 0.0471 e. The van der Waals surface area contributed by atoms with Gasteiger partial charge >= 0.3 is 0 Å². The molecule has 0 radical (unpaired) electrons. The fourth-order valence-electron chi connectivity index (χ4n) is 2.36. The van der Waals surface area contributed by atoms with Gasteiger partial charge in [-0.3, -0.25) is 0 Å². The highest BCUT2D eigenvalue weighted by Crippen LogP contribution is 2.21.